The summed E-state index contributed by atoms with van der Waals surface area (Å²) in [4.78, 5) is 16.6. The number of ether oxygens (including phenoxy) is 2. The first-order valence-electron chi connectivity index (χ1n) is 11.3. The quantitative estimate of drug-likeness (QED) is 0.444. The molecule has 0 atom stereocenters. The molecule has 0 bridgehead atoms. The lowest BCUT2D eigenvalue weighted by Crippen LogP contribution is -2.13. The van der Waals surface area contributed by atoms with E-state index in [4.69, 9.17) is 14.6 Å². The topological polar surface area (TPSA) is 65.7 Å². The predicted octanol–water partition coefficient (Wildman–Crippen LogP) is 4.69. The highest BCUT2D eigenvalue weighted by atomic mass is 16.5. The average molecular weight is 422 g/mol. The number of hydrogen-bond donors (Lipinski definition) is 0. The lowest BCUT2D eigenvalue weighted by atomic mass is 9.95. The SMILES string of the molecule is CCOC(=O)CCc1c(COCC2CC2)nn2c(CC)ccc2c1-c1cncc(C)c1. The Morgan fingerprint density at radius 2 is 2.06 bits per heavy atom. The van der Waals surface area contributed by atoms with Gasteiger partial charge in [-0.25, -0.2) is 4.52 Å². The van der Waals surface area contributed by atoms with Gasteiger partial charge in [0.15, 0.2) is 0 Å². The van der Waals surface area contributed by atoms with Crippen LogP contribution in [0.1, 0.15) is 55.6 Å². The number of fused-ring (bicyclic) bond motifs is 1. The van der Waals surface area contributed by atoms with Crippen molar-refractivity contribution in [2.45, 2.75) is 59.5 Å². The van der Waals surface area contributed by atoms with Gasteiger partial charge in [0, 0.05) is 42.2 Å². The standard InChI is InChI=1S/C25H31N3O3/c1-4-20-8-10-23-25(19-12-17(3)13-26-14-19)21(9-11-24(29)31-5-2)22(27-28(20)23)16-30-15-18-6-7-18/h8,10,12-14,18H,4-7,9,11,15-16H2,1-3H3. The fraction of sp³-hybridized carbons (Fsp3) is 0.480. The Balaban J connectivity index is 1.82. The minimum atomic E-state index is -0.190. The molecule has 1 aliphatic rings. The van der Waals surface area contributed by atoms with E-state index in [1.807, 2.05) is 30.8 Å². The van der Waals surface area contributed by atoms with Crippen LogP contribution in [0.2, 0.25) is 0 Å². The number of nitrogens with zero attached hydrogens (tertiary/aromatic N) is 3. The van der Waals surface area contributed by atoms with E-state index in [-0.39, 0.29) is 5.97 Å². The Kier molecular flexibility index (Phi) is 6.66. The first-order valence-corrected chi connectivity index (χ1v) is 11.3. The van der Waals surface area contributed by atoms with Gasteiger partial charge in [0.2, 0.25) is 0 Å². The maximum atomic E-state index is 12.2. The third-order valence-corrected chi connectivity index (χ3v) is 5.76. The number of aryl methyl sites for hydroxylation is 2. The molecule has 6 nitrogen and oxygen atoms in total. The number of carbonyl (C=O) groups excluding carboxylic acids is 1. The van der Waals surface area contributed by atoms with Gasteiger partial charge < -0.3 is 9.47 Å². The number of aromatic nitrogens is 3. The van der Waals surface area contributed by atoms with E-state index in [1.165, 1.54) is 12.8 Å². The lowest BCUT2D eigenvalue weighted by Gasteiger charge is -2.18. The molecule has 1 aliphatic carbocycles. The summed E-state index contributed by atoms with van der Waals surface area (Å²) in [6.07, 6.45) is 8.01. The maximum Gasteiger partial charge on any atom is 0.306 e. The van der Waals surface area contributed by atoms with Crippen LogP contribution in [-0.4, -0.2) is 33.8 Å². The van der Waals surface area contributed by atoms with Crippen molar-refractivity contribution < 1.29 is 14.3 Å². The summed E-state index contributed by atoms with van der Waals surface area (Å²) in [7, 11) is 0. The molecule has 0 amide bonds. The fourth-order valence-electron chi connectivity index (χ4n) is 3.99. The summed E-state index contributed by atoms with van der Waals surface area (Å²) in [6, 6.07) is 6.38. The summed E-state index contributed by atoms with van der Waals surface area (Å²) in [5.41, 5.74) is 7.34. The summed E-state index contributed by atoms with van der Waals surface area (Å²) in [5.74, 6) is 0.495. The molecule has 1 saturated carbocycles. The van der Waals surface area contributed by atoms with Gasteiger partial charge in [-0.05, 0) is 74.8 Å². The van der Waals surface area contributed by atoms with Crippen LogP contribution in [0.5, 0.6) is 0 Å². The van der Waals surface area contributed by atoms with E-state index in [0.29, 0.717) is 32.0 Å². The van der Waals surface area contributed by atoms with Crippen molar-refractivity contribution in [3.05, 3.63) is 53.1 Å². The van der Waals surface area contributed by atoms with Crippen LogP contribution in [0.25, 0.3) is 16.6 Å². The third kappa shape index (κ3) is 4.96. The largest absolute Gasteiger partial charge is 0.466 e. The van der Waals surface area contributed by atoms with E-state index < -0.39 is 0 Å². The second-order valence-corrected chi connectivity index (χ2v) is 8.29. The van der Waals surface area contributed by atoms with Crippen LogP contribution in [0.3, 0.4) is 0 Å². The summed E-state index contributed by atoms with van der Waals surface area (Å²) in [5, 5.41) is 4.97. The molecule has 4 rings (SSSR count). The van der Waals surface area contributed by atoms with Crippen LogP contribution in [0.15, 0.2) is 30.6 Å². The molecule has 0 spiro atoms. The van der Waals surface area contributed by atoms with Gasteiger partial charge >= 0.3 is 5.97 Å². The van der Waals surface area contributed by atoms with E-state index in [0.717, 1.165) is 52.2 Å². The van der Waals surface area contributed by atoms with Gasteiger partial charge in [0.05, 0.1) is 24.4 Å². The highest BCUT2D eigenvalue weighted by Crippen LogP contribution is 2.34. The number of rotatable bonds is 10. The first-order chi connectivity index (χ1) is 15.1. The monoisotopic (exact) mass is 421 g/mol. The van der Waals surface area contributed by atoms with E-state index in [2.05, 4.69) is 30.1 Å². The Morgan fingerprint density at radius 3 is 2.77 bits per heavy atom. The van der Waals surface area contributed by atoms with E-state index in [1.54, 1.807) is 0 Å². The summed E-state index contributed by atoms with van der Waals surface area (Å²) in [6.45, 7) is 7.61. The molecular formula is C25H31N3O3. The molecule has 164 valence electrons. The molecule has 3 aromatic heterocycles. The molecule has 3 heterocycles. The second-order valence-electron chi connectivity index (χ2n) is 8.29. The number of esters is 1. The zero-order chi connectivity index (χ0) is 21.8. The van der Waals surface area contributed by atoms with Gasteiger partial charge in [-0.3, -0.25) is 9.78 Å². The highest BCUT2D eigenvalue weighted by molar-refractivity contribution is 5.84. The van der Waals surface area contributed by atoms with Gasteiger partial charge in [-0.1, -0.05) is 6.92 Å². The predicted molar refractivity (Wildman–Crippen MR) is 120 cm³/mol. The normalized spacial score (nSPS) is 13.6. The van der Waals surface area contributed by atoms with Crippen LogP contribution < -0.4 is 0 Å². The van der Waals surface area contributed by atoms with Crippen molar-refractivity contribution in [3.63, 3.8) is 0 Å². The summed E-state index contributed by atoms with van der Waals surface area (Å²) < 4.78 is 13.3. The Hall–Kier alpha value is -2.73. The van der Waals surface area contributed by atoms with Crippen molar-refractivity contribution in [2.75, 3.05) is 13.2 Å². The third-order valence-electron chi connectivity index (χ3n) is 5.76. The summed E-state index contributed by atoms with van der Waals surface area (Å²) >= 11 is 0. The molecule has 0 aliphatic heterocycles. The molecule has 6 heteroatoms. The van der Waals surface area contributed by atoms with Crippen LogP contribution in [0, 0.1) is 12.8 Å². The molecule has 0 saturated heterocycles. The van der Waals surface area contributed by atoms with Crippen molar-refractivity contribution in [3.8, 4) is 11.1 Å². The van der Waals surface area contributed by atoms with Crippen molar-refractivity contribution in [2.24, 2.45) is 5.92 Å². The zero-order valence-corrected chi connectivity index (χ0v) is 18.7. The molecule has 3 aromatic rings. The average Bonchev–Trinajstić information content (AvgIpc) is 3.49. The molecule has 0 aromatic carbocycles. The molecule has 31 heavy (non-hydrogen) atoms. The van der Waals surface area contributed by atoms with Crippen LogP contribution in [-0.2, 0) is 33.7 Å². The Bertz CT molecular complexity index is 1070. The minimum Gasteiger partial charge on any atom is -0.466 e. The van der Waals surface area contributed by atoms with Crippen molar-refractivity contribution in [1.29, 1.82) is 0 Å². The Labute approximate surface area is 183 Å². The first kappa shape index (κ1) is 21.5. The van der Waals surface area contributed by atoms with Gasteiger partial charge in [-0.2, -0.15) is 5.10 Å². The molecule has 0 N–H and O–H groups in total. The number of hydrogen-bond acceptors (Lipinski definition) is 5. The Morgan fingerprint density at radius 1 is 1.23 bits per heavy atom. The molecular weight excluding hydrogens is 390 g/mol. The smallest absolute Gasteiger partial charge is 0.306 e. The minimum absolute atomic E-state index is 0.190. The van der Waals surface area contributed by atoms with Crippen molar-refractivity contribution >= 4 is 11.5 Å². The molecule has 0 radical (unpaired) electrons. The molecule has 1 fully saturated rings. The lowest BCUT2D eigenvalue weighted by molar-refractivity contribution is -0.143. The van der Waals surface area contributed by atoms with Gasteiger partial charge in [-0.15, -0.1) is 0 Å². The van der Waals surface area contributed by atoms with Gasteiger partial charge in [0.1, 0.15) is 0 Å². The van der Waals surface area contributed by atoms with Gasteiger partial charge in [0.25, 0.3) is 0 Å². The van der Waals surface area contributed by atoms with E-state index in [9.17, 15) is 4.79 Å². The molecule has 0 unspecified atom stereocenters. The van der Waals surface area contributed by atoms with E-state index >= 15 is 0 Å². The van der Waals surface area contributed by atoms with Crippen LogP contribution >= 0.6 is 0 Å². The second kappa shape index (κ2) is 9.60. The number of pyridine rings is 1. The fourth-order valence-corrected chi connectivity index (χ4v) is 3.99. The van der Waals surface area contributed by atoms with Crippen molar-refractivity contribution in [1.82, 2.24) is 14.6 Å². The van der Waals surface area contributed by atoms with Crippen LogP contribution in [0.4, 0.5) is 0 Å². The maximum absolute atomic E-state index is 12.2. The highest BCUT2D eigenvalue weighted by Gasteiger charge is 2.23. The number of carbonyl (C=O) groups is 1. The zero-order valence-electron chi connectivity index (χ0n) is 18.7.